The fraction of sp³-hybridized carbons (Fsp3) is 0.286. The molecule has 0 saturated heterocycles. The van der Waals surface area contributed by atoms with Gasteiger partial charge in [-0.15, -0.1) is 5.10 Å². The zero-order valence-electron chi connectivity index (χ0n) is 11.7. The van der Waals surface area contributed by atoms with Gasteiger partial charge < -0.3 is 10.4 Å². The monoisotopic (exact) mass is 320 g/mol. The Labute approximate surface area is 130 Å². The predicted molar refractivity (Wildman–Crippen MR) is 78.2 cm³/mol. The lowest BCUT2D eigenvalue weighted by Crippen LogP contribution is -2.43. The average molecular weight is 321 g/mol. The first-order valence-electron chi connectivity index (χ1n) is 6.67. The van der Waals surface area contributed by atoms with Gasteiger partial charge in [0.25, 0.3) is 5.91 Å². The van der Waals surface area contributed by atoms with Crippen molar-refractivity contribution in [3.63, 3.8) is 0 Å². The second-order valence-corrected chi connectivity index (χ2v) is 5.59. The van der Waals surface area contributed by atoms with Gasteiger partial charge >= 0.3 is 5.97 Å². The van der Waals surface area contributed by atoms with Crippen LogP contribution in [0.1, 0.15) is 29.3 Å². The molecule has 1 heterocycles. The van der Waals surface area contributed by atoms with Crippen LogP contribution in [0.2, 0.25) is 5.02 Å². The highest BCUT2D eigenvalue weighted by atomic mass is 35.5. The Bertz CT molecular complexity index is 767. The third-order valence-corrected chi connectivity index (χ3v) is 3.88. The standard InChI is InChI=1S/C14H13ClN4O3/c1-8-16-11(12(20)17-14(6-7-14)13(21)22)18-19(8)10-5-3-2-4-9(10)15/h2-5H,6-7H2,1H3,(H,17,20)(H,21,22). The summed E-state index contributed by atoms with van der Waals surface area (Å²) in [6.07, 6.45) is 0.830. The highest BCUT2D eigenvalue weighted by Gasteiger charge is 2.52. The Hall–Kier alpha value is -2.41. The quantitative estimate of drug-likeness (QED) is 0.891. The average Bonchev–Trinajstić information content (AvgIpc) is 3.15. The zero-order chi connectivity index (χ0) is 15.9. The third-order valence-electron chi connectivity index (χ3n) is 3.56. The minimum Gasteiger partial charge on any atom is -0.480 e. The summed E-state index contributed by atoms with van der Waals surface area (Å²) < 4.78 is 1.46. The van der Waals surface area contributed by atoms with Gasteiger partial charge in [-0.05, 0) is 31.9 Å². The van der Waals surface area contributed by atoms with E-state index in [0.717, 1.165) is 0 Å². The lowest BCUT2D eigenvalue weighted by Gasteiger charge is -2.10. The molecule has 1 amide bonds. The summed E-state index contributed by atoms with van der Waals surface area (Å²) in [7, 11) is 0. The first kappa shape index (κ1) is 14.5. The number of benzene rings is 1. The van der Waals surface area contributed by atoms with E-state index in [-0.39, 0.29) is 5.82 Å². The number of nitrogens with one attached hydrogen (secondary N) is 1. The fourth-order valence-electron chi connectivity index (χ4n) is 2.13. The zero-order valence-corrected chi connectivity index (χ0v) is 12.5. The molecule has 1 aromatic heterocycles. The number of amides is 1. The van der Waals surface area contributed by atoms with Gasteiger partial charge in [0.2, 0.25) is 5.82 Å². The molecule has 1 aliphatic rings. The fourth-order valence-corrected chi connectivity index (χ4v) is 2.34. The van der Waals surface area contributed by atoms with E-state index < -0.39 is 17.4 Å². The molecule has 0 atom stereocenters. The lowest BCUT2D eigenvalue weighted by atomic mass is 10.3. The number of hydrogen-bond acceptors (Lipinski definition) is 4. The number of para-hydroxylation sites is 1. The maximum atomic E-state index is 12.1. The van der Waals surface area contributed by atoms with Crippen LogP contribution in [0, 0.1) is 6.92 Å². The molecule has 2 aromatic rings. The molecular weight excluding hydrogens is 308 g/mol. The summed E-state index contributed by atoms with van der Waals surface area (Å²) >= 11 is 6.11. The summed E-state index contributed by atoms with van der Waals surface area (Å²) in [6, 6.07) is 7.05. The molecule has 0 aliphatic heterocycles. The van der Waals surface area contributed by atoms with Crippen LogP contribution in [0.3, 0.4) is 0 Å². The Morgan fingerprint density at radius 3 is 2.64 bits per heavy atom. The van der Waals surface area contributed by atoms with Gasteiger partial charge in [0, 0.05) is 0 Å². The largest absolute Gasteiger partial charge is 0.480 e. The molecule has 1 fully saturated rings. The number of carboxylic acids is 1. The number of aromatic nitrogens is 3. The van der Waals surface area contributed by atoms with E-state index in [0.29, 0.717) is 29.4 Å². The topological polar surface area (TPSA) is 97.1 Å². The molecule has 114 valence electrons. The van der Waals surface area contributed by atoms with Gasteiger partial charge in [-0.25, -0.2) is 14.5 Å². The maximum absolute atomic E-state index is 12.1. The summed E-state index contributed by atoms with van der Waals surface area (Å²) in [6.45, 7) is 1.69. The first-order valence-corrected chi connectivity index (χ1v) is 7.05. The van der Waals surface area contributed by atoms with Crippen molar-refractivity contribution in [2.75, 3.05) is 0 Å². The minimum atomic E-state index is -1.17. The van der Waals surface area contributed by atoms with Crippen LogP contribution >= 0.6 is 11.6 Å². The van der Waals surface area contributed by atoms with Crippen LogP contribution in [0.15, 0.2) is 24.3 Å². The Kier molecular flexibility index (Phi) is 3.37. The third kappa shape index (κ3) is 2.43. The van der Waals surface area contributed by atoms with Gasteiger partial charge in [0.1, 0.15) is 11.4 Å². The molecule has 2 N–H and O–H groups in total. The van der Waals surface area contributed by atoms with Gasteiger partial charge in [-0.1, -0.05) is 23.7 Å². The molecule has 0 spiro atoms. The first-order chi connectivity index (χ1) is 10.4. The van der Waals surface area contributed by atoms with Crippen molar-refractivity contribution in [1.82, 2.24) is 20.1 Å². The Balaban J connectivity index is 1.88. The van der Waals surface area contributed by atoms with E-state index in [9.17, 15) is 9.59 Å². The van der Waals surface area contributed by atoms with Crippen LogP contribution in [0.4, 0.5) is 0 Å². The Morgan fingerprint density at radius 1 is 1.36 bits per heavy atom. The maximum Gasteiger partial charge on any atom is 0.329 e. The molecule has 0 bridgehead atoms. The lowest BCUT2D eigenvalue weighted by molar-refractivity contribution is -0.140. The van der Waals surface area contributed by atoms with Crippen LogP contribution in [0.5, 0.6) is 0 Å². The molecule has 8 heteroatoms. The predicted octanol–water partition coefficient (Wildman–Crippen LogP) is 1.58. The van der Waals surface area contributed by atoms with Gasteiger partial charge in [0.15, 0.2) is 0 Å². The van der Waals surface area contributed by atoms with Crippen molar-refractivity contribution in [2.45, 2.75) is 25.3 Å². The Morgan fingerprint density at radius 2 is 2.05 bits per heavy atom. The van der Waals surface area contributed by atoms with E-state index in [2.05, 4.69) is 15.4 Å². The van der Waals surface area contributed by atoms with Crippen molar-refractivity contribution in [3.05, 3.63) is 40.9 Å². The highest BCUT2D eigenvalue weighted by Crippen LogP contribution is 2.35. The highest BCUT2D eigenvalue weighted by molar-refractivity contribution is 6.32. The summed E-state index contributed by atoms with van der Waals surface area (Å²) in [5, 5.41) is 16.2. The van der Waals surface area contributed by atoms with E-state index in [4.69, 9.17) is 16.7 Å². The van der Waals surface area contributed by atoms with E-state index >= 15 is 0 Å². The molecule has 3 rings (SSSR count). The molecule has 7 nitrogen and oxygen atoms in total. The summed E-state index contributed by atoms with van der Waals surface area (Å²) in [5.74, 6) is -1.24. The van der Waals surface area contributed by atoms with Crippen LogP contribution in [0.25, 0.3) is 5.69 Å². The molecular formula is C14H13ClN4O3. The minimum absolute atomic E-state index is 0.0788. The van der Waals surface area contributed by atoms with Gasteiger partial charge in [0.05, 0.1) is 10.7 Å². The van der Waals surface area contributed by atoms with Crippen molar-refractivity contribution in [2.24, 2.45) is 0 Å². The van der Waals surface area contributed by atoms with Crippen molar-refractivity contribution < 1.29 is 14.7 Å². The second kappa shape index (κ2) is 5.10. The summed E-state index contributed by atoms with van der Waals surface area (Å²) in [4.78, 5) is 27.3. The van der Waals surface area contributed by atoms with Crippen LogP contribution in [-0.2, 0) is 4.79 Å². The number of hydrogen-bond donors (Lipinski definition) is 2. The number of nitrogens with zero attached hydrogens (tertiary/aromatic N) is 3. The molecule has 0 radical (unpaired) electrons. The van der Waals surface area contributed by atoms with Crippen molar-refractivity contribution in [3.8, 4) is 5.69 Å². The molecule has 1 saturated carbocycles. The van der Waals surface area contributed by atoms with Crippen molar-refractivity contribution in [1.29, 1.82) is 0 Å². The normalized spacial score (nSPS) is 15.4. The molecule has 0 unspecified atom stereocenters. The number of halogens is 1. The smallest absolute Gasteiger partial charge is 0.329 e. The summed E-state index contributed by atoms with van der Waals surface area (Å²) in [5.41, 5.74) is -0.562. The number of carboxylic acid groups (broad SMARTS) is 1. The van der Waals surface area contributed by atoms with Crippen LogP contribution < -0.4 is 5.32 Å². The number of carbonyl (C=O) groups is 2. The molecule has 1 aromatic carbocycles. The van der Waals surface area contributed by atoms with Gasteiger partial charge in [-0.3, -0.25) is 4.79 Å². The number of aliphatic carboxylic acids is 1. The number of aryl methyl sites for hydroxylation is 1. The van der Waals surface area contributed by atoms with Crippen LogP contribution in [-0.4, -0.2) is 37.3 Å². The van der Waals surface area contributed by atoms with E-state index in [1.54, 1.807) is 31.2 Å². The van der Waals surface area contributed by atoms with Gasteiger partial charge in [-0.2, -0.15) is 0 Å². The molecule has 1 aliphatic carbocycles. The van der Waals surface area contributed by atoms with E-state index in [1.165, 1.54) is 4.68 Å². The molecule has 22 heavy (non-hydrogen) atoms. The SMILES string of the molecule is Cc1nc(C(=O)NC2(C(=O)O)CC2)nn1-c1ccccc1Cl. The second-order valence-electron chi connectivity index (χ2n) is 5.19. The van der Waals surface area contributed by atoms with Crippen molar-refractivity contribution >= 4 is 23.5 Å². The number of rotatable bonds is 4. The number of carbonyl (C=O) groups excluding carboxylic acids is 1. The van der Waals surface area contributed by atoms with E-state index in [1.807, 2.05) is 0 Å².